The molecule has 0 bridgehead atoms. The molecule has 5 heteroatoms. The number of hydrogen-bond acceptors (Lipinski definition) is 3. The van der Waals surface area contributed by atoms with Gasteiger partial charge in [0, 0.05) is 18.3 Å². The number of nitrogens with one attached hydrogen (secondary N) is 3. The van der Waals surface area contributed by atoms with Crippen LogP contribution in [0, 0.1) is 0 Å². The fraction of sp³-hybridized carbons (Fsp3) is 0.429. The Kier molecular flexibility index (Phi) is 2.82. The van der Waals surface area contributed by atoms with Crippen molar-refractivity contribution >= 4 is 0 Å². The average molecular weight is 169 g/mol. The lowest BCUT2D eigenvalue weighted by molar-refractivity contribution is 0.713. The van der Waals surface area contributed by atoms with E-state index in [1.165, 1.54) is 6.20 Å². The first-order chi connectivity index (χ1) is 5.74. The number of aromatic nitrogens is 2. The Morgan fingerprint density at radius 1 is 1.50 bits per heavy atom. The van der Waals surface area contributed by atoms with Gasteiger partial charge >= 0.3 is 5.69 Å². The third-order valence-corrected chi connectivity index (χ3v) is 1.46. The summed E-state index contributed by atoms with van der Waals surface area (Å²) in [6, 6.07) is 0. The third-order valence-electron chi connectivity index (χ3n) is 1.46. The molecule has 0 aliphatic rings. The first-order valence-corrected chi connectivity index (χ1v) is 3.75. The highest BCUT2D eigenvalue weighted by molar-refractivity contribution is 5.02. The van der Waals surface area contributed by atoms with Crippen LogP contribution in [0.2, 0.25) is 0 Å². The molecule has 0 saturated carbocycles. The van der Waals surface area contributed by atoms with E-state index < -0.39 is 5.69 Å². The smallest absolute Gasteiger partial charge is 0.314 e. The van der Waals surface area contributed by atoms with Gasteiger partial charge in [-0.3, -0.25) is 9.78 Å². The van der Waals surface area contributed by atoms with E-state index in [1.54, 1.807) is 0 Å². The molecule has 3 N–H and O–H groups in total. The summed E-state index contributed by atoms with van der Waals surface area (Å²) in [5.41, 5.74) is -0.267. The zero-order valence-corrected chi connectivity index (χ0v) is 6.81. The van der Waals surface area contributed by atoms with E-state index in [0.717, 1.165) is 6.54 Å². The molecule has 0 radical (unpaired) electrons. The summed E-state index contributed by atoms with van der Waals surface area (Å²) in [4.78, 5) is 26.2. The van der Waals surface area contributed by atoms with Crippen LogP contribution >= 0.6 is 0 Å². The van der Waals surface area contributed by atoms with Gasteiger partial charge in [-0.15, -0.1) is 0 Å². The van der Waals surface area contributed by atoms with E-state index in [9.17, 15) is 9.59 Å². The Hall–Kier alpha value is -1.36. The standard InChI is InChI=1S/C7H11N3O2/c1-2-8-3-5-4-9-7(12)10-6(5)11/h4,8H,2-3H2,1H3,(H2,9,10,11,12). The minimum Gasteiger partial charge on any atom is -0.314 e. The predicted molar refractivity (Wildman–Crippen MR) is 45.1 cm³/mol. The molecule has 1 aromatic rings. The molecule has 66 valence electrons. The molecule has 0 saturated heterocycles. The van der Waals surface area contributed by atoms with Crippen molar-refractivity contribution in [1.29, 1.82) is 0 Å². The molecule has 0 aliphatic carbocycles. The lowest BCUT2D eigenvalue weighted by Gasteiger charge is -1.98. The third kappa shape index (κ3) is 2.06. The minimum absolute atomic E-state index is 0.334. The van der Waals surface area contributed by atoms with Crippen LogP contribution in [-0.4, -0.2) is 16.5 Å². The Morgan fingerprint density at radius 3 is 2.83 bits per heavy atom. The largest absolute Gasteiger partial charge is 0.325 e. The molecular weight excluding hydrogens is 158 g/mol. The fourth-order valence-corrected chi connectivity index (χ4v) is 0.829. The normalized spacial score (nSPS) is 10.1. The Bertz CT molecular complexity index is 352. The maximum Gasteiger partial charge on any atom is 0.325 e. The van der Waals surface area contributed by atoms with Crippen LogP contribution in [0.4, 0.5) is 0 Å². The van der Waals surface area contributed by atoms with Crippen molar-refractivity contribution in [2.45, 2.75) is 13.5 Å². The molecule has 0 unspecified atom stereocenters. The highest BCUT2D eigenvalue weighted by Gasteiger charge is 1.97. The molecule has 0 aromatic carbocycles. The first kappa shape index (κ1) is 8.73. The van der Waals surface area contributed by atoms with Gasteiger partial charge in [0.15, 0.2) is 0 Å². The van der Waals surface area contributed by atoms with E-state index >= 15 is 0 Å². The second-order valence-electron chi connectivity index (χ2n) is 2.38. The van der Waals surface area contributed by atoms with Crippen LogP contribution in [0.15, 0.2) is 15.8 Å². The summed E-state index contributed by atoms with van der Waals surface area (Å²) >= 11 is 0. The second kappa shape index (κ2) is 3.87. The average Bonchev–Trinajstić information content (AvgIpc) is 2.03. The van der Waals surface area contributed by atoms with Gasteiger partial charge in [-0.1, -0.05) is 6.92 Å². The SMILES string of the molecule is CCNCc1c[nH]c(=O)[nH]c1=O. The van der Waals surface area contributed by atoms with Crippen LogP contribution in [0.1, 0.15) is 12.5 Å². The summed E-state index contributed by atoms with van der Waals surface area (Å²) in [6.45, 7) is 3.21. The van der Waals surface area contributed by atoms with Crippen LogP contribution < -0.4 is 16.6 Å². The van der Waals surface area contributed by atoms with Crippen LogP contribution in [0.3, 0.4) is 0 Å². The molecule has 0 fully saturated rings. The van der Waals surface area contributed by atoms with Gasteiger partial charge in [0.1, 0.15) is 0 Å². The lowest BCUT2D eigenvalue weighted by Crippen LogP contribution is -2.27. The van der Waals surface area contributed by atoms with E-state index in [1.807, 2.05) is 6.92 Å². The summed E-state index contributed by atoms with van der Waals surface area (Å²) in [5, 5.41) is 2.98. The lowest BCUT2D eigenvalue weighted by atomic mass is 10.3. The number of aromatic amines is 2. The monoisotopic (exact) mass is 169 g/mol. The molecule has 0 spiro atoms. The fourth-order valence-electron chi connectivity index (χ4n) is 0.829. The van der Waals surface area contributed by atoms with Crippen LogP contribution in [0.5, 0.6) is 0 Å². The Labute approximate surface area is 68.8 Å². The summed E-state index contributed by atoms with van der Waals surface area (Å²) in [5.74, 6) is 0. The number of rotatable bonds is 3. The van der Waals surface area contributed by atoms with Gasteiger partial charge in [-0.05, 0) is 6.54 Å². The molecule has 12 heavy (non-hydrogen) atoms. The first-order valence-electron chi connectivity index (χ1n) is 3.75. The summed E-state index contributed by atoms with van der Waals surface area (Å²) in [7, 11) is 0. The maximum atomic E-state index is 11.0. The molecule has 0 amide bonds. The van der Waals surface area contributed by atoms with Crippen molar-refractivity contribution in [3.63, 3.8) is 0 Å². The zero-order valence-electron chi connectivity index (χ0n) is 6.81. The molecule has 1 heterocycles. The van der Waals surface area contributed by atoms with Gasteiger partial charge in [0.05, 0.1) is 0 Å². The van der Waals surface area contributed by atoms with E-state index in [-0.39, 0.29) is 5.56 Å². The van der Waals surface area contributed by atoms with Crippen molar-refractivity contribution in [3.05, 3.63) is 32.6 Å². The number of H-pyrrole nitrogens is 2. The molecule has 1 aromatic heterocycles. The van der Waals surface area contributed by atoms with Crippen molar-refractivity contribution in [1.82, 2.24) is 15.3 Å². The van der Waals surface area contributed by atoms with Crippen molar-refractivity contribution in [2.24, 2.45) is 0 Å². The summed E-state index contributed by atoms with van der Waals surface area (Å²) in [6.07, 6.45) is 1.42. The van der Waals surface area contributed by atoms with Crippen LogP contribution in [-0.2, 0) is 6.54 Å². The molecule has 0 atom stereocenters. The highest BCUT2D eigenvalue weighted by Crippen LogP contribution is 1.81. The summed E-state index contributed by atoms with van der Waals surface area (Å²) < 4.78 is 0. The minimum atomic E-state index is -0.472. The molecule has 0 aliphatic heterocycles. The molecule has 5 nitrogen and oxygen atoms in total. The molecule has 1 rings (SSSR count). The predicted octanol–water partition coefficient (Wildman–Crippen LogP) is -0.827. The zero-order chi connectivity index (χ0) is 8.97. The second-order valence-corrected chi connectivity index (χ2v) is 2.38. The number of hydrogen-bond donors (Lipinski definition) is 3. The Morgan fingerprint density at radius 2 is 2.25 bits per heavy atom. The van der Waals surface area contributed by atoms with Crippen molar-refractivity contribution < 1.29 is 0 Å². The van der Waals surface area contributed by atoms with Gasteiger partial charge in [0.25, 0.3) is 5.56 Å². The van der Waals surface area contributed by atoms with Gasteiger partial charge in [0.2, 0.25) is 0 Å². The van der Waals surface area contributed by atoms with Gasteiger partial charge in [-0.25, -0.2) is 4.79 Å². The van der Waals surface area contributed by atoms with E-state index in [0.29, 0.717) is 12.1 Å². The van der Waals surface area contributed by atoms with Crippen LogP contribution in [0.25, 0.3) is 0 Å². The van der Waals surface area contributed by atoms with Crippen molar-refractivity contribution in [2.75, 3.05) is 6.54 Å². The van der Waals surface area contributed by atoms with E-state index in [4.69, 9.17) is 0 Å². The van der Waals surface area contributed by atoms with Gasteiger partial charge in [-0.2, -0.15) is 0 Å². The van der Waals surface area contributed by atoms with Gasteiger partial charge < -0.3 is 10.3 Å². The Balaban J connectivity index is 2.87. The topological polar surface area (TPSA) is 77.8 Å². The van der Waals surface area contributed by atoms with Crippen molar-refractivity contribution in [3.8, 4) is 0 Å². The van der Waals surface area contributed by atoms with E-state index in [2.05, 4.69) is 15.3 Å². The highest BCUT2D eigenvalue weighted by atomic mass is 16.2. The molecular formula is C7H11N3O2. The maximum absolute atomic E-state index is 11.0. The quantitative estimate of drug-likeness (QED) is 0.552.